The predicted molar refractivity (Wildman–Crippen MR) is 334 cm³/mol. The summed E-state index contributed by atoms with van der Waals surface area (Å²) in [6, 6.07) is 78.0. The molecule has 0 bridgehead atoms. The number of para-hydroxylation sites is 2. The third kappa shape index (κ3) is 7.19. The first-order chi connectivity index (χ1) is 37.3. The number of anilines is 6. The fourth-order valence-corrected chi connectivity index (χ4v) is 15.2. The number of aryl methyl sites for hydroxylation is 6. The zero-order chi connectivity index (χ0) is 51.3. The fraction of sp³-hybridized carbons (Fsp3) is 0.111. The minimum Gasteiger partial charge on any atom is -0.309 e. The highest BCUT2D eigenvalue weighted by Gasteiger charge is 2.27. The molecule has 0 aliphatic heterocycles. The summed E-state index contributed by atoms with van der Waals surface area (Å²) in [5, 5.41) is 13.1. The van der Waals surface area contributed by atoms with Crippen molar-refractivity contribution in [3.8, 4) is 22.3 Å². The maximum absolute atomic E-state index is 2.56. The van der Waals surface area contributed by atoms with Crippen LogP contribution in [0.1, 0.15) is 47.2 Å². The van der Waals surface area contributed by atoms with Crippen molar-refractivity contribution in [3.63, 3.8) is 0 Å². The Labute approximate surface area is 452 Å². The Morgan fingerprint density at radius 2 is 0.684 bits per heavy atom. The van der Waals surface area contributed by atoms with Crippen LogP contribution in [0.15, 0.2) is 206 Å². The van der Waals surface area contributed by atoms with Gasteiger partial charge in [-0.1, -0.05) is 172 Å². The van der Waals surface area contributed by atoms with E-state index in [1.54, 1.807) is 0 Å². The van der Waals surface area contributed by atoms with E-state index in [4.69, 9.17) is 0 Å². The average Bonchev–Trinajstić information content (AvgIpc) is 4.04. The van der Waals surface area contributed by atoms with E-state index in [2.05, 4.69) is 258 Å². The van der Waals surface area contributed by atoms with Crippen LogP contribution < -0.4 is 9.80 Å². The van der Waals surface area contributed by atoms with E-state index >= 15 is 0 Å². The van der Waals surface area contributed by atoms with Gasteiger partial charge in [0.05, 0.1) is 22.7 Å². The van der Waals surface area contributed by atoms with Gasteiger partial charge in [-0.2, -0.15) is 0 Å². The predicted octanol–water partition coefficient (Wildman–Crippen LogP) is 22.0. The van der Waals surface area contributed by atoms with Gasteiger partial charge < -0.3 is 9.80 Å². The molecule has 0 unspecified atom stereocenters. The van der Waals surface area contributed by atoms with E-state index in [-0.39, 0.29) is 0 Å². The number of hydrogen-bond donors (Lipinski definition) is 0. The number of hydrogen-bond acceptors (Lipinski definition) is 4. The van der Waals surface area contributed by atoms with E-state index < -0.39 is 0 Å². The molecule has 76 heavy (non-hydrogen) atoms. The molecule has 0 atom stereocenters. The van der Waals surface area contributed by atoms with Gasteiger partial charge in [0, 0.05) is 62.5 Å². The minimum atomic E-state index is 0.906. The molecule has 12 aromatic carbocycles. The van der Waals surface area contributed by atoms with Gasteiger partial charge in [0.2, 0.25) is 0 Å². The summed E-state index contributed by atoms with van der Waals surface area (Å²) < 4.78 is 5.32. The van der Waals surface area contributed by atoms with Crippen molar-refractivity contribution in [2.24, 2.45) is 0 Å². The Hall–Kier alpha value is -8.28. The summed E-state index contributed by atoms with van der Waals surface area (Å²) in [6.07, 6.45) is 1.81. The highest BCUT2D eigenvalue weighted by molar-refractivity contribution is 7.26. The largest absolute Gasteiger partial charge is 0.309 e. The maximum Gasteiger partial charge on any atom is 0.0543 e. The summed E-state index contributed by atoms with van der Waals surface area (Å²) in [6.45, 7) is 13.7. The molecule has 0 aliphatic rings. The van der Waals surface area contributed by atoms with Crippen molar-refractivity contribution in [1.82, 2.24) is 0 Å². The topological polar surface area (TPSA) is 6.48 Å². The summed E-state index contributed by atoms with van der Waals surface area (Å²) >= 11 is 3.78. The highest BCUT2D eigenvalue weighted by Crippen LogP contribution is 2.52. The summed E-state index contributed by atoms with van der Waals surface area (Å²) in [4.78, 5) is 5.12. The van der Waals surface area contributed by atoms with Gasteiger partial charge in [0.1, 0.15) is 0 Å². The van der Waals surface area contributed by atoms with Crippen molar-refractivity contribution >= 4 is 129 Å². The van der Waals surface area contributed by atoms with Crippen LogP contribution >= 0.6 is 22.7 Å². The van der Waals surface area contributed by atoms with Crippen LogP contribution in [0, 0.1) is 27.7 Å². The van der Waals surface area contributed by atoms with Crippen LogP contribution in [-0.4, -0.2) is 0 Å². The Bertz CT molecular complexity index is 4260. The molecule has 0 spiro atoms. The van der Waals surface area contributed by atoms with E-state index in [1.165, 1.54) is 151 Å². The number of rotatable bonds is 10. The molecule has 0 fully saturated rings. The van der Waals surface area contributed by atoms with E-state index in [0.29, 0.717) is 0 Å². The third-order valence-electron chi connectivity index (χ3n) is 16.3. The molecule has 14 aromatic rings. The number of benzene rings is 12. The molecule has 0 aliphatic carbocycles. The number of nitrogens with zero attached hydrogens (tertiary/aromatic N) is 2. The second-order valence-corrected chi connectivity index (χ2v) is 22.8. The molecule has 0 saturated heterocycles. The second kappa shape index (κ2) is 18.2. The maximum atomic E-state index is 2.56. The number of fused-ring (bicyclic) bond motifs is 6. The molecule has 366 valence electrons. The molecule has 2 heterocycles. The van der Waals surface area contributed by atoms with E-state index in [9.17, 15) is 0 Å². The van der Waals surface area contributed by atoms with Gasteiger partial charge in [0.25, 0.3) is 0 Å². The summed E-state index contributed by atoms with van der Waals surface area (Å²) in [7, 11) is 0. The van der Waals surface area contributed by atoms with Gasteiger partial charge in [-0.05, 0) is 166 Å². The lowest BCUT2D eigenvalue weighted by Gasteiger charge is -2.33. The first kappa shape index (κ1) is 46.3. The second-order valence-electron chi connectivity index (χ2n) is 20.7. The van der Waals surface area contributed by atoms with Crippen LogP contribution in [0.5, 0.6) is 0 Å². The van der Waals surface area contributed by atoms with Crippen LogP contribution in [-0.2, 0) is 12.8 Å². The number of thiophene rings is 2. The van der Waals surface area contributed by atoms with Crippen molar-refractivity contribution in [3.05, 3.63) is 240 Å². The zero-order valence-electron chi connectivity index (χ0n) is 43.8. The molecular formula is C72H56N2S2. The van der Waals surface area contributed by atoms with Crippen molar-refractivity contribution < 1.29 is 0 Å². The SMILES string of the molecule is CCc1cc(N(c2ccc(-c3cccc4c3sc3ccccc34)cc2)c2c(C)cccc2C)c2ccc3c(CC)cc(N(c4ccc(-c5cccc6c5sc5ccccc56)cc4)c4c(C)cccc4C)c4ccc1c2c34. The lowest BCUT2D eigenvalue weighted by Crippen LogP contribution is -2.15. The van der Waals surface area contributed by atoms with Gasteiger partial charge >= 0.3 is 0 Å². The Morgan fingerprint density at radius 3 is 1.08 bits per heavy atom. The Kier molecular flexibility index (Phi) is 11.1. The fourth-order valence-electron chi connectivity index (χ4n) is 12.7. The molecule has 0 N–H and O–H groups in total. The van der Waals surface area contributed by atoms with Crippen LogP contribution in [0.2, 0.25) is 0 Å². The van der Waals surface area contributed by atoms with Crippen LogP contribution in [0.3, 0.4) is 0 Å². The normalized spacial score (nSPS) is 11.9. The Balaban J connectivity index is 0.977. The average molecular weight is 1010 g/mol. The van der Waals surface area contributed by atoms with Gasteiger partial charge in [-0.3, -0.25) is 0 Å². The van der Waals surface area contributed by atoms with E-state index in [1.807, 2.05) is 22.7 Å². The molecule has 2 nitrogen and oxygen atoms in total. The van der Waals surface area contributed by atoms with Gasteiger partial charge in [0.15, 0.2) is 0 Å². The lowest BCUT2D eigenvalue weighted by atomic mass is 9.86. The van der Waals surface area contributed by atoms with Gasteiger partial charge in [-0.25, -0.2) is 0 Å². The smallest absolute Gasteiger partial charge is 0.0543 e. The summed E-state index contributed by atoms with van der Waals surface area (Å²) in [5.41, 5.74) is 19.8. The molecule has 0 radical (unpaired) electrons. The summed E-state index contributed by atoms with van der Waals surface area (Å²) in [5.74, 6) is 0. The molecule has 2 aromatic heterocycles. The minimum absolute atomic E-state index is 0.906. The molecular weight excluding hydrogens is 957 g/mol. The van der Waals surface area contributed by atoms with Crippen molar-refractivity contribution in [2.45, 2.75) is 54.4 Å². The molecule has 0 amide bonds. The third-order valence-corrected chi connectivity index (χ3v) is 18.7. The van der Waals surface area contributed by atoms with Crippen LogP contribution in [0.25, 0.3) is 94.9 Å². The monoisotopic (exact) mass is 1010 g/mol. The van der Waals surface area contributed by atoms with E-state index in [0.717, 1.165) is 24.2 Å². The first-order valence-corrected chi connectivity index (χ1v) is 28.4. The molecule has 14 rings (SSSR count). The van der Waals surface area contributed by atoms with Crippen molar-refractivity contribution in [2.75, 3.05) is 9.80 Å². The Morgan fingerprint density at radius 1 is 0.329 bits per heavy atom. The quantitative estimate of drug-likeness (QED) is 0.126. The molecule has 0 saturated carbocycles. The van der Waals surface area contributed by atoms with Gasteiger partial charge in [-0.15, -0.1) is 22.7 Å². The highest BCUT2D eigenvalue weighted by atomic mass is 32.1. The zero-order valence-corrected chi connectivity index (χ0v) is 45.4. The first-order valence-electron chi connectivity index (χ1n) is 26.8. The molecule has 4 heteroatoms. The lowest BCUT2D eigenvalue weighted by molar-refractivity contribution is 1.15. The standard InChI is InChI=1S/C72H56N2S2/c1-7-47-41-63(73(69-43(3)17-13-18-44(69)4)51-33-29-49(30-34-51)55-23-15-25-59-57-21-9-11-27-65(57)75-71(55)59)61-40-38-54-48(8-2)42-64(62-39-37-53(47)67(61)68(54)62)74(70-45(5)19-14-20-46(70)6)52-35-31-50(32-36-52)56-24-16-26-60-58-22-10-12-28-66(58)76-72(56)60/h9-42H,7-8H2,1-6H3. The van der Waals surface area contributed by atoms with Crippen molar-refractivity contribution in [1.29, 1.82) is 0 Å². The van der Waals surface area contributed by atoms with Crippen LogP contribution in [0.4, 0.5) is 34.1 Å².